The van der Waals surface area contributed by atoms with Gasteiger partial charge in [0.1, 0.15) is 0 Å². The van der Waals surface area contributed by atoms with Gasteiger partial charge in [-0.15, -0.1) is 0 Å². The molecule has 13 heavy (non-hydrogen) atoms. The highest BCUT2D eigenvalue weighted by Crippen LogP contribution is 2.14. The quantitative estimate of drug-likeness (QED) is 0.621. The van der Waals surface area contributed by atoms with Crippen LogP contribution in [-0.4, -0.2) is 5.71 Å². The van der Waals surface area contributed by atoms with Gasteiger partial charge in [-0.2, -0.15) is 0 Å². The Bertz CT molecular complexity index is 279. The highest BCUT2D eigenvalue weighted by molar-refractivity contribution is 6.03. The molecule has 0 radical (unpaired) electrons. The first-order valence-corrected chi connectivity index (χ1v) is 4.85. The maximum absolute atomic E-state index is 4.56. The molecule has 1 aliphatic rings. The summed E-state index contributed by atoms with van der Waals surface area (Å²) in [6.45, 7) is 8.04. The second-order valence-corrected chi connectivity index (χ2v) is 3.25. The van der Waals surface area contributed by atoms with Gasteiger partial charge in [0.2, 0.25) is 0 Å². The predicted octanol–water partition coefficient (Wildman–Crippen LogP) is 3.65. The Kier molecular flexibility index (Phi) is 3.69. The Hall–Kier alpha value is -1.11. The second kappa shape index (κ2) is 4.80. The van der Waals surface area contributed by atoms with Crippen LogP contribution in [0.3, 0.4) is 0 Å². The number of rotatable bonds is 3. The zero-order chi connectivity index (χ0) is 9.68. The van der Waals surface area contributed by atoms with Crippen molar-refractivity contribution in [2.75, 3.05) is 0 Å². The molecule has 70 valence electrons. The largest absolute Gasteiger partial charge is 0.258 e. The highest BCUT2D eigenvalue weighted by atomic mass is 14.8. The number of aliphatic imine (C=N–C) groups is 1. The fraction of sp³-hybridized carbons (Fsp3) is 0.417. The summed E-state index contributed by atoms with van der Waals surface area (Å²) in [7, 11) is 0. The van der Waals surface area contributed by atoms with Gasteiger partial charge in [-0.05, 0) is 25.3 Å². The van der Waals surface area contributed by atoms with E-state index in [0.717, 1.165) is 25.0 Å². The van der Waals surface area contributed by atoms with Crippen molar-refractivity contribution in [1.82, 2.24) is 0 Å². The van der Waals surface area contributed by atoms with Gasteiger partial charge in [0.25, 0.3) is 0 Å². The third-order valence-corrected chi connectivity index (χ3v) is 2.10. The van der Waals surface area contributed by atoms with Gasteiger partial charge in [0.05, 0.1) is 0 Å². The maximum atomic E-state index is 4.56. The topological polar surface area (TPSA) is 12.4 Å². The summed E-state index contributed by atoms with van der Waals surface area (Å²) in [5.74, 6) is 0. The normalized spacial score (nSPS) is 16.9. The Morgan fingerprint density at radius 1 is 1.54 bits per heavy atom. The standard InChI is InChI=1S/C12H17N/c1-4-7-12-11(5-2)9-6-8-10(3)13-12/h5,8-9H,2,4,6-7H2,1,3H3. The van der Waals surface area contributed by atoms with Crippen molar-refractivity contribution in [3.63, 3.8) is 0 Å². The third-order valence-electron chi connectivity index (χ3n) is 2.10. The van der Waals surface area contributed by atoms with Crippen LogP contribution in [0.15, 0.2) is 41.1 Å². The number of hydrogen-bond acceptors (Lipinski definition) is 1. The molecule has 1 rings (SSSR count). The molecule has 0 N–H and O–H groups in total. The highest BCUT2D eigenvalue weighted by Gasteiger charge is 2.04. The van der Waals surface area contributed by atoms with Crippen molar-refractivity contribution in [2.45, 2.75) is 33.1 Å². The molecule has 0 unspecified atom stereocenters. The van der Waals surface area contributed by atoms with E-state index in [1.807, 2.05) is 6.08 Å². The average Bonchev–Trinajstić information content (AvgIpc) is 2.28. The van der Waals surface area contributed by atoms with E-state index in [1.165, 1.54) is 11.3 Å². The van der Waals surface area contributed by atoms with Gasteiger partial charge in [0.15, 0.2) is 0 Å². The molecule has 0 saturated carbocycles. The molecule has 0 bridgehead atoms. The first-order chi connectivity index (χ1) is 6.27. The molecule has 0 atom stereocenters. The fourth-order valence-electron chi connectivity index (χ4n) is 1.44. The summed E-state index contributed by atoms with van der Waals surface area (Å²) in [6.07, 6.45) is 9.40. The minimum Gasteiger partial charge on any atom is -0.258 e. The smallest absolute Gasteiger partial charge is 0.0475 e. The summed E-state index contributed by atoms with van der Waals surface area (Å²) in [5, 5.41) is 0. The molecule has 1 nitrogen and oxygen atoms in total. The van der Waals surface area contributed by atoms with Gasteiger partial charge >= 0.3 is 0 Å². The molecule has 0 aliphatic carbocycles. The lowest BCUT2D eigenvalue weighted by Gasteiger charge is -2.04. The summed E-state index contributed by atoms with van der Waals surface area (Å²) in [4.78, 5) is 4.56. The van der Waals surface area contributed by atoms with Crippen LogP contribution in [0.4, 0.5) is 0 Å². The summed E-state index contributed by atoms with van der Waals surface area (Å²) in [5.41, 5.74) is 3.51. The van der Waals surface area contributed by atoms with Crippen molar-refractivity contribution in [3.05, 3.63) is 36.1 Å². The van der Waals surface area contributed by atoms with Crippen molar-refractivity contribution in [3.8, 4) is 0 Å². The maximum Gasteiger partial charge on any atom is 0.0475 e. The Labute approximate surface area is 80.6 Å². The van der Waals surface area contributed by atoms with E-state index < -0.39 is 0 Å². The van der Waals surface area contributed by atoms with E-state index in [2.05, 4.69) is 37.6 Å². The van der Waals surface area contributed by atoms with E-state index in [1.54, 1.807) is 0 Å². The van der Waals surface area contributed by atoms with E-state index in [9.17, 15) is 0 Å². The van der Waals surface area contributed by atoms with Crippen LogP contribution in [-0.2, 0) is 0 Å². The zero-order valence-corrected chi connectivity index (χ0v) is 8.51. The molecule has 0 aromatic carbocycles. The monoisotopic (exact) mass is 175 g/mol. The third kappa shape index (κ3) is 2.69. The lowest BCUT2D eigenvalue weighted by atomic mass is 10.1. The number of nitrogens with zero attached hydrogens (tertiary/aromatic N) is 1. The molecule has 1 aliphatic heterocycles. The lowest BCUT2D eigenvalue weighted by molar-refractivity contribution is 0.989. The van der Waals surface area contributed by atoms with E-state index in [0.29, 0.717) is 0 Å². The fourth-order valence-corrected chi connectivity index (χ4v) is 1.44. The lowest BCUT2D eigenvalue weighted by Crippen LogP contribution is -1.99. The molecule has 0 spiro atoms. The van der Waals surface area contributed by atoms with Crippen LogP contribution >= 0.6 is 0 Å². The van der Waals surface area contributed by atoms with Crippen molar-refractivity contribution < 1.29 is 0 Å². The molecule has 1 heteroatoms. The summed E-state index contributed by atoms with van der Waals surface area (Å²) < 4.78 is 0. The van der Waals surface area contributed by atoms with Gasteiger partial charge < -0.3 is 0 Å². The van der Waals surface area contributed by atoms with Crippen LogP contribution in [0.2, 0.25) is 0 Å². The second-order valence-electron chi connectivity index (χ2n) is 3.25. The van der Waals surface area contributed by atoms with Crippen molar-refractivity contribution in [2.24, 2.45) is 4.99 Å². The first kappa shape index (κ1) is 9.97. The minimum absolute atomic E-state index is 0.976. The molecule has 1 heterocycles. The van der Waals surface area contributed by atoms with Crippen molar-refractivity contribution in [1.29, 1.82) is 0 Å². The Morgan fingerprint density at radius 2 is 2.31 bits per heavy atom. The molecule has 0 aromatic heterocycles. The van der Waals surface area contributed by atoms with Gasteiger partial charge in [-0.1, -0.05) is 38.2 Å². The van der Waals surface area contributed by atoms with Crippen LogP contribution in [0.1, 0.15) is 33.1 Å². The Morgan fingerprint density at radius 3 is 2.92 bits per heavy atom. The van der Waals surface area contributed by atoms with Crippen LogP contribution in [0.5, 0.6) is 0 Å². The van der Waals surface area contributed by atoms with Gasteiger partial charge in [-0.25, -0.2) is 0 Å². The van der Waals surface area contributed by atoms with E-state index >= 15 is 0 Å². The van der Waals surface area contributed by atoms with Crippen LogP contribution < -0.4 is 0 Å². The van der Waals surface area contributed by atoms with Gasteiger partial charge in [0, 0.05) is 11.4 Å². The summed E-state index contributed by atoms with van der Waals surface area (Å²) in [6, 6.07) is 0. The van der Waals surface area contributed by atoms with E-state index in [4.69, 9.17) is 0 Å². The molecular formula is C12H17N. The van der Waals surface area contributed by atoms with Gasteiger partial charge in [-0.3, -0.25) is 4.99 Å². The number of allylic oxidation sites excluding steroid dienone is 5. The van der Waals surface area contributed by atoms with Crippen molar-refractivity contribution >= 4 is 5.71 Å². The summed E-state index contributed by atoms with van der Waals surface area (Å²) >= 11 is 0. The first-order valence-electron chi connectivity index (χ1n) is 4.85. The van der Waals surface area contributed by atoms with Crippen LogP contribution in [0, 0.1) is 0 Å². The Balaban J connectivity index is 2.92. The molecule has 0 fully saturated rings. The minimum atomic E-state index is 0.976. The van der Waals surface area contributed by atoms with Crippen LogP contribution in [0.25, 0.3) is 0 Å². The zero-order valence-electron chi connectivity index (χ0n) is 8.51. The van der Waals surface area contributed by atoms with E-state index in [-0.39, 0.29) is 0 Å². The molecule has 0 saturated heterocycles. The number of hydrogen-bond donors (Lipinski definition) is 0. The SMILES string of the molecule is C=CC1=CCC=C(C)N=C1CCC. The molecule has 0 amide bonds. The molecular weight excluding hydrogens is 158 g/mol. The molecule has 0 aromatic rings. The predicted molar refractivity (Wildman–Crippen MR) is 59.0 cm³/mol. The average molecular weight is 175 g/mol.